The third kappa shape index (κ3) is 5.43. The van der Waals surface area contributed by atoms with E-state index in [0.717, 1.165) is 50.2 Å². The Kier molecular flexibility index (Phi) is 6.92. The van der Waals surface area contributed by atoms with Gasteiger partial charge in [-0.05, 0) is 44.2 Å². The van der Waals surface area contributed by atoms with Crippen molar-refractivity contribution in [1.82, 2.24) is 14.8 Å². The van der Waals surface area contributed by atoms with Gasteiger partial charge in [-0.1, -0.05) is 20.8 Å². The van der Waals surface area contributed by atoms with Crippen molar-refractivity contribution in [3.8, 4) is 0 Å². The first kappa shape index (κ1) is 19.6. The smallest absolute Gasteiger partial charge is 0.222 e. The number of hydrogen-bond donors (Lipinski definition) is 0. The Morgan fingerprint density at radius 3 is 2.54 bits per heavy atom. The molecule has 2 aliphatic rings. The molecule has 0 spiro atoms. The first-order chi connectivity index (χ1) is 12.5. The van der Waals surface area contributed by atoms with Crippen LogP contribution in [-0.2, 0) is 11.3 Å². The van der Waals surface area contributed by atoms with E-state index in [1.54, 1.807) is 11.3 Å². The van der Waals surface area contributed by atoms with E-state index in [0.29, 0.717) is 18.2 Å². The van der Waals surface area contributed by atoms with E-state index in [1.807, 2.05) is 4.90 Å². The van der Waals surface area contributed by atoms with Crippen molar-refractivity contribution >= 4 is 22.4 Å². The molecule has 5 nitrogen and oxygen atoms in total. The highest BCUT2D eigenvalue weighted by atomic mass is 32.1. The molecule has 0 unspecified atom stereocenters. The second-order valence-corrected chi connectivity index (χ2v) is 9.22. The Labute approximate surface area is 162 Å². The molecule has 2 saturated heterocycles. The fourth-order valence-corrected chi connectivity index (χ4v) is 4.55. The molecule has 0 aliphatic carbocycles. The Bertz CT molecular complexity index is 572. The normalized spacial score (nSPS) is 20.2. The van der Waals surface area contributed by atoms with Gasteiger partial charge in [0.25, 0.3) is 0 Å². The van der Waals surface area contributed by atoms with E-state index in [2.05, 4.69) is 36.0 Å². The molecule has 2 fully saturated rings. The molecule has 146 valence electrons. The van der Waals surface area contributed by atoms with E-state index >= 15 is 0 Å². The minimum absolute atomic E-state index is 0.317. The van der Waals surface area contributed by atoms with E-state index < -0.39 is 0 Å². The highest BCUT2D eigenvalue weighted by Crippen LogP contribution is 2.24. The lowest BCUT2D eigenvalue weighted by molar-refractivity contribution is -0.131. The summed E-state index contributed by atoms with van der Waals surface area (Å²) < 4.78 is 0. The van der Waals surface area contributed by atoms with Crippen LogP contribution in [0.4, 0.5) is 5.13 Å². The van der Waals surface area contributed by atoms with E-state index in [-0.39, 0.29) is 0 Å². The molecule has 0 N–H and O–H groups in total. The lowest BCUT2D eigenvalue weighted by atomic mass is 9.99. The summed E-state index contributed by atoms with van der Waals surface area (Å²) in [5.41, 5.74) is 1.20. The predicted octanol–water partition coefficient (Wildman–Crippen LogP) is 3.46. The van der Waals surface area contributed by atoms with Crippen LogP contribution >= 0.6 is 11.3 Å². The van der Waals surface area contributed by atoms with Crippen LogP contribution in [0.25, 0.3) is 0 Å². The van der Waals surface area contributed by atoms with Gasteiger partial charge >= 0.3 is 0 Å². The summed E-state index contributed by atoms with van der Waals surface area (Å²) in [6.45, 7) is 13.6. The van der Waals surface area contributed by atoms with Gasteiger partial charge in [0.05, 0.1) is 5.69 Å². The van der Waals surface area contributed by atoms with Crippen LogP contribution in [0.15, 0.2) is 5.38 Å². The average Bonchev–Trinajstić information content (AvgIpc) is 3.10. The van der Waals surface area contributed by atoms with Gasteiger partial charge in [0.1, 0.15) is 0 Å². The Morgan fingerprint density at radius 1 is 1.19 bits per heavy atom. The van der Waals surface area contributed by atoms with Crippen LogP contribution in [0.3, 0.4) is 0 Å². The molecule has 1 aromatic rings. The first-order valence-electron chi connectivity index (χ1n) is 10.2. The van der Waals surface area contributed by atoms with E-state index in [9.17, 15) is 4.79 Å². The molecule has 0 saturated carbocycles. The summed E-state index contributed by atoms with van der Waals surface area (Å²) in [7, 11) is 0. The van der Waals surface area contributed by atoms with Crippen LogP contribution < -0.4 is 4.90 Å². The van der Waals surface area contributed by atoms with Crippen molar-refractivity contribution in [2.75, 3.05) is 44.2 Å². The molecule has 6 heteroatoms. The molecular weight excluding hydrogens is 344 g/mol. The number of anilines is 1. The number of piperidine rings is 1. The number of amides is 1. The van der Waals surface area contributed by atoms with Crippen molar-refractivity contribution in [2.45, 2.75) is 53.0 Å². The maximum absolute atomic E-state index is 12.3. The molecule has 0 radical (unpaired) electrons. The summed E-state index contributed by atoms with van der Waals surface area (Å²) in [5, 5.41) is 3.34. The largest absolute Gasteiger partial charge is 0.345 e. The minimum atomic E-state index is 0.317. The number of likely N-dealkylation sites (tertiary alicyclic amines) is 1. The minimum Gasteiger partial charge on any atom is -0.345 e. The van der Waals surface area contributed by atoms with Gasteiger partial charge in [-0.25, -0.2) is 4.98 Å². The van der Waals surface area contributed by atoms with Gasteiger partial charge in [-0.2, -0.15) is 0 Å². The third-order valence-electron chi connectivity index (χ3n) is 5.64. The van der Waals surface area contributed by atoms with Crippen LogP contribution in [0.2, 0.25) is 0 Å². The molecular formula is C20H34N4OS. The van der Waals surface area contributed by atoms with Crippen molar-refractivity contribution < 1.29 is 4.79 Å². The summed E-state index contributed by atoms with van der Waals surface area (Å²) in [5.74, 6) is 1.78. The molecule has 0 bridgehead atoms. The zero-order valence-corrected chi connectivity index (χ0v) is 17.4. The first-order valence-corrected chi connectivity index (χ1v) is 11.1. The lowest BCUT2D eigenvalue weighted by Crippen LogP contribution is -2.48. The molecule has 3 heterocycles. The molecule has 0 atom stereocenters. The highest BCUT2D eigenvalue weighted by molar-refractivity contribution is 7.13. The number of carbonyl (C=O) groups is 1. The number of piperazine rings is 1. The number of aromatic nitrogens is 1. The fourth-order valence-electron chi connectivity index (χ4n) is 3.68. The molecule has 2 aliphatic heterocycles. The Hall–Kier alpha value is -1.14. The summed E-state index contributed by atoms with van der Waals surface area (Å²) in [4.78, 5) is 24.1. The van der Waals surface area contributed by atoms with Crippen molar-refractivity contribution in [3.63, 3.8) is 0 Å². The lowest BCUT2D eigenvalue weighted by Gasteiger charge is -2.34. The van der Waals surface area contributed by atoms with Crippen LogP contribution in [0.5, 0.6) is 0 Å². The van der Waals surface area contributed by atoms with Gasteiger partial charge in [0.15, 0.2) is 5.13 Å². The molecule has 1 aromatic heterocycles. The third-order valence-corrected chi connectivity index (χ3v) is 6.59. The second-order valence-electron chi connectivity index (χ2n) is 8.38. The molecule has 1 amide bonds. The Morgan fingerprint density at radius 2 is 1.88 bits per heavy atom. The van der Waals surface area contributed by atoms with Crippen LogP contribution in [0, 0.1) is 11.8 Å². The number of hydrogen-bond acceptors (Lipinski definition) is 5. The van der Waals surface area contributed by atoms with Gasteiger partial charge < -0.3 is 9.80 Å². The number of carbonyl (C=O) groups excluding carboxylic acids is 1. The van der Waals surface area contributed by atoms with Crippen LogP contribution in [-0.4, -0.2) is 60.0 Å². The van der Waals surface area contributed by atoms with E-state index in [1.165, 1.54) is 31.6 Å². The number of thiazole rings is 1. The van der Waals surface area contributed by atoms with Crippen molar-refractivity contribution in [3.05, 3.63) is 11.1 Å². The van der Waals surface area contributed by atoms with E-state index in [4.69, 9.17) is 4.98 Å². The standard InChI is InChI=1S/C20H34N4OS/c1-16(2)4-5-19(25)23-10-12-24(13-11-23)20-21-18(15-26-20)14-22-8-6-17(3)7-9-22/h15-17H,4-14H2,1-3H3. The van der Waals surface area contributed by atoms with Gasteiger partial charge in [-0.3, -0.25) is 9.69 Å². The van der Waals surface area contributed by atoms with Gasteiger partial charge in [-0.15, -0.1) is 11.3 Å². The average molecular weight is 379 g/mol. The van der Waals surface area contributed by atoms with Crippen molar-refractivity contribution in [1.29, 1.82) is 0 Å². The van der Waals surface area contributed by atoms with Crippen molar-refractivity contribution in [2.24, 2.45) is 11.8 Å². The fraction of sp³-hybridized carbons (Fsp3) is 0.800. The van der Waals surface area contributed by atoms with Gasteiger partial charge in [0.2, 0.25) is 5.91 Å². The van der Waals surface area contributed by atoms with Crippen LogP contribution in [0.1, 0.15) is 52.1 Å². The number of nitrogens with zero attached hydrogens (tertiary/aromatic N) is 4. The number of rotatable bonds is 6. The zero-order chi connectivity index (χ0) is 18.5. The highest BCUT2D eigenvalue weighted by Gasteiger charge is 2.23. The zero-order valence-electron chi connectivity index (χ0n) is 16.6. The summed E-state index contributed by atoms with van der Waals surface area (Å²) in [6, 6.07) is 0. The maximum atomic E-state index is 12.3. The summed E-state index contributed by atoms with van der Waals surface area (Å²) in [6.07, 6.45) is 4.30. The van der Waals surface area contributed by atoms with Gasteiger partial charge in [0, 0.05) is 44.5 Å². The quantitative estimate of drug-likeness (QED) is 0.760. The Balaban J connectivity index is 1.45. The SMILES string of the molecule is CC(C)CCC(=O)N1CCN(c2nc(CN3CCC(C)CC3)cs2)CC1. The monoisotopic (exact) mass is 378 g/mol. The second kappa shape index (κ2) is 9.18. The molecule has 0 aromatic carbocycles. The molecule has 3 rings (SSSR count). The summed E-state index contributed by atoms with van der Waals surface area (Å²) >= 11 is 1.75. The molecule has 26 heavy (non-hydrogen) atoms. The maximum Gasteiger partial charge on any atom is 0.222 e. The topological polar surface area (TPSA) is 39.7 Å². The predicted molar refractivity (Wildman–Crippen MR) is 109 cm³/mol.